The van der Waals surface area contributed by atoms with Crippen LogP contribution in [0.2, 0.25) is 0 Å². The van der Waals surface area contributed by atoms with Crippen LogP contribution in [0.3, 0.4) is 0 Å². The highest BCUT2D eigenvalue weighted by Crippen LogP contribution is 2.05. The third-order valence-corrected chi connectivity index (χ3v) is 3.41. The van der Waals surface area contributed by atoms with Crippen molar-refractivity contribution in [1.82, 2.24) is 5.32 Å². The number of nitrogens with two attached hydrogens (primary N) is 1. The lowest BCUT2D eigenvalue weighted by Crippen LogP contribution is -2.16. The minimum Gasteiger partial charge on any atom is -0.331 e. The van der Waals surface area contributed by atoms with Gasteiger partial charge in [-0.15, -0.1) is 0 Å². The lowest BCUT2D eigenvalue weighted by molar-refractivity contribution is 0.543. The summed E-state index contributed by atoms with van der Waals surface area (Å²) in [7, 11) is 0. The maximum absolute atomic E-state index is 4.85. The van der Waals surface area contributed by atoms with Gasteiger partial charge in [-0.2, -0.15) is 0 Å². The van der Waals surface area contributed by atoms with Crippen molar-refractivity contribution < 1.29 is 0 Å². The lowest BCUT2D eigenvalue weighted by atomic mass is 10.1. The van der Waals surface area contributed by atoms with Gasteiger partial charge in [-0.3, -0.25) is 0 Å². The number of unbranched alkanes of at least 4 members (excludes halogenated alkanes) is 10. The van der Waals surface area contributed by atoms with Gasteiger partial charge >= 0.3 is 0 Å². The van der Waals surface area contributed by atoms with E-state index in [4.69, 9.17) is 5.73 Å². The molecule has 0 aromatic carbocycles. The molecule has 2 nitrogen and oxygen atoms in total. The topological polar surface area (TPSA) is 38.0 Å². The van der Waals surface area contributed by atoms with Crippen LogP contribution in [0.4, 0.5) is 0 Å². The molecule has 0 radical (unpaired) electrons. The summed E-state index contributed by atoms with van der Waals surface area (Å²) < 4.78 is 0. The Morgan fingerprint density at radius 1 is 0.550 bits per heavy atom. The van der Waals surface area contributed by atoms with E-state index in [2.05, 4.69) is 19.2 Å². The van der Waals surface area contributed by atoms with Gasteiger partial charge in [0.25, 0.3) is 0 Å². The van der Waals surface area contributed by atoms with Gasteiger partial charge in [0.05, 0.1) is 0 Å². The Balaban J connectivity index is 0. The van der Waals surface area contributed by atoms with Crippen molar-refractivity contribution in [2.24, 2.45) is 5.73 Å². The first-order valence-electron chi connectivity index (χ1n) is 9.24. The number of hydrogen-bond acceptors (Lipinski definition) is 2. The molecule has 124 valence electrons. The van der Waals surface area contributed by atoms with Crippen LogP contribution in [-0.2, 0) is 0 Å². The van der Waals surface area contributed by atoms with Crippen molar-refractivity contribution in [2.75, 3.05) is 19.6 Å². The largest absolute Gasteiger partial charge is 0.331 e. The molecule has 0 saturated carbocycles. The summed E-state index contributed by atoms with van der Waals surface area (Å²) in [6.07, 6.45) is 16.9. The molecule has 0 amide bonds. The van der Waals surface area contributed by atoms with Crippen molar-refractivity contribution in [3.8, 4) is 0 Å². The molecule has 0 aromatic rings. The fraction of sp³-hybridized carbons (Fsp3) is 1.00. The molecule has 20 heavy (non-hydrogen) atoms. The zero-order chi connectivity index (χ0) is 15.3. The second-order valence-corrected chi connectivity index (χ2v) is 5.69. The van der Waals surface area contributed by atoms with Crippen LogP contribution in [-0.4, -0.2) is 19.6 Å². The molecule has 0 aromatic heterocycles. The van der Waals surface area contributed by atoms with Gasteiger partial charge in [-0.1, -0.05) is 85.0 Å². The van der Waals surface area contributed by atoms with Gasteiger partial charge in [-0.05, 0) is 32.5 Å². The summed E-state index contributed by atoms with van der Waals surface area (Å²) in [6.45, 7) is 9.69. The van der Waals surface area contributed by atoms with Crippen molar-refractivity contribution in [3.05, 3.63) is 0 Å². The normalized spacial score (nSPS) is 10.2. The summed E-state index contributed by atoms with van der Waals surface area (Å²) in [5, 5.41) is 3.57. The highest BCUT2D eigenvalue weighted by molar-refractivity contribution is 4.51. The Hall–Kier alpha value is -0.0800. The average molecular weight is 287 g/mol. The Bertz CT molecular complexity index is 123. The Labute approximate surface area is 129 Å². The third-order valence-electron chi connectivity index (χ3n) is 3.41. The molecular formula is C18H42N2. The van der Waals surface area contributed by atoms with E-state index in [1.807, 2.05) is 6.92 Å². The van der Waals surface area contributed by atoms with E-state index >= 15 is 0 Å². The molecule has 0 unspecified atom stereocenters. The summed E-state index contributed by atoms with van der Waals surface area (Å²) in [4.78, 5) is 0. The first-order chi connectivity index (χ1) is 9.83. The lowest BCUT2D eigenvalue weighted by Gasteiger charge is -2.04. The van der Waals surface area contributed by atoms with Crippen molar-refractivity contribution in [3.63, 3.8) is 0 Å². The van der Waals surface area contributed by atoms with E-state index < -0.39 is 0 Å². The quantitative estimate of drug-likeness (QED) is 0.427. The smallest absolute Gasteiger partial charge is 0.00489 e. The van der Waals surface area contributed by atoms with E-state index in [0.717, 1.165) is 6.54 Å². The molecule has 2 heteroatoms. The molecular weight excluding hydrogens is 244 g/mol. The molecule has 3 N–H and O–H groups in total. The molecule has 0 fully saturated rings. The monoisotopic (exact) mass is 286 g/mol. The van der Waals surface area contributed by atoms with E-state index in [1.165, 1.54) is 90.1 Å². The SMILES string of the molecule is CCCCCCCCNCCCCCCCC.CCN. The zero-order valence-electron chi connectivity index (χ0n) is 14.7. The van der Waals surface area contributed by atoms with E-state index in [0.29, 0.717) is 0 Å². The van der Waals surface area contributed by atoms with E-state index in [1.54, 1.807) is 0 Å². The zero-order valence-corrected chi connectivity index (χ0v) is 14.7. The molecule has 0 spiro atoms. The van der Waals surface area contributed by atoms with Gasteiger partial charge < -0.3 is 11.1 Å². The van der Waals surface area contributed by atoms with Gasteiger partial charge in [0.1, 0.15) is 0 Å². The Kier molecular flexibility index (Phi) is 26.6. The number of rotatable bonds is 14. The molecule has 0 aliphatic heterocycles. The standard InChI is InChI=1S/C16H35N.C2H7N/c1-3-5-7-9-11-13-15-17-16-14-12-10-8-6-4-2;1-2-3/h17H,3-16H2,1-2H3;2-3H2,1H3. The van der Waals surface area contributed by atoms with E-state index in [-0.39, 0.29) is 0 Å². The molecule has 0 atom stereocenters. The summed E-state index contributed by atoms with van der Waals surface area (Å²) >= 11 is 0. The maximum atomic E-state index is 4.85. The summed E-state index contributed by atoms with van der Waals surface area (Å²) in [5.74, 6) is 0. The Morgan fingerprint density at radius 2 is 0.850 bits per heavy atom. The Morgan fingerprint density at radius 3 is 1.20 bits per heavy atom. The highest BCUT2D eigenvalue weighted by atomic mass is 14.8. The molecule has 0 heterocycles. The van der Waals surface area contributed by atoms with Crippen molar-refractivity contribution in [2.45, 2.75) is 97.8 Å². The molecule has 0 aliphatic carbocycles. The summed E-state index contributed by atoms with van der Waals surface area (Å²) in [6, 6.07) is 0. The predicted molar refractivity (Wildman–Crippen MR) is 94.4 cm³/mol. The molecule has 0 bridgehead atoms. The maximum Gasteiger partial charge on any atom is -0.00489 e. The molecule has 0 rings (SSSR count). The van der Waals surface area contributed by atoms with Crippen LogP contribution >= 0.6 is 0 Å². The molecule has 0 aliphatic rings. The number of nitrogens with one attached hydrogen (secondary N) is 1. The third kappa shape index (κ3) is 26.5. The van der Waals surface area contributed by atoms with Crippen LogP contribution in [0.25, 0.3) is 0 Å². The fourth-order valence-electron chi connectivity index (χ4n) is 2.19. The minimum absolute atomic E-state index is 0.750. The molecule has 0 saturated heterocycles. The number of hydrogen-bond donors (Lipinski definition) is 2. The average Bonchev–Trinajstić information content (AvgIpc) is 2.45. The van der Waals surface area contributed by atoms with Gasteiger partial charge in [0, 0.05) is 0 Å². The second-order valence-electron chi connectivity index (χ2n) is 5.69. The van der Waals surface area contributed by atoms with Gasteiger partial charge in [0.15, 0.2) is 0 Å². The van der Waals surface area contributed by atoms with Gasteiger partial charge in [0.2, 0.25) is 0 Å². The predicted octanol–water partition coefficient (Wildman–Crippen LogP) is 5.26. The fourth-order valence-corrected chi connectivity index (χ4v) is 2.19. The van der Waals surface area contributed by atoms with Gasteiger partial charge in [-0.25, -0.2) is 0 Å². The van der Waals surface area contributed by atoms with Crippen LogP contribution in [0.5, 0.6) is 0 Å². The first kappa shape index (κ1) is 22.2. The first-order valence-corrected chi connectivity index (χ1v) is 9.24. The van der Waals surface area contributed by atoms with Crippen molar-refractivity contribution in [1.29, 1.82) is 0 Å². The van der Waals surface area contributed by atoms with Crippen molar-refractivity contribution >= 4 is 0 Å². The minimum atomic E-state index is 0.750. The van der Waals surface area contributed by atoms with Crippen LogP contribution in [0.1, 0.15) is 97.8 Å². The van der Waals surface area contributed by atoms with Crippen LogP contribution < -0.4 is 11.1 Å². The second kappa shape index (κ2) is 24.0. The summed E-state index contributed by atoms with van der Waals surface area (Å²) in [5.41, 5.74) is 4.85. The van der Waals surface area contributed by atoms with Crippen LogP contribution in [0.15, 0.2) is 0 Å². The van der Waals surface area contributed by atoms with Crippen LogP contribution in [0, 0.1) is 0 Å². The van der Waals surface area contributed by atoms with E-state index in [9.17, 15) is 0 Å². The highest BCUT2D eigenvalue weighted by Gasteiger charge is 1.92.